The van der Waals surface area contributed by atoms with Crippen molar-refractivity contribution in [2.24, 2.45) is 0 Å². The zero-order valence-corrected chi connectivity index (χ0v) is 16.4. The van der Waals surface area contributed by atoms with Crippen LogP contribution >= 0.6 is 11.3 Å². The van der Waals surface area contributed by atoms with Crippen molar-refractivity contribution in [2.45, 2.75) is 26.3 Å². The van der Waals surface area contributed by atoms with Crippen LogP contribution in [0.1, 0.15) is 36.2 Å². The molecule has 1 aromatic carbocycles. The third kappa shape index (κ3) is 3.30. The van der Waals surface area contributed by atoms with Gasteiger partial charge < -0.3 is 14.9 Å². The van der Waals surface area contributed by atoms with E-state index in [2.05, 4.69) is 22.2 Å². The molecule has 0 radical (unpaired) electrons. The summed E-state index contributed by atoms with van der Waals surface area (Å²) in [7, 11) is 0. The highest BCUT2D eigenvalue weighted by molar-refractivity contribution is 7.17. The van der Waals surface area contributed by atoms with Crippen molar-refractivity contribution >= 4 is 22.2 Å². The van der Waals surface area contributed by atoms with Crippen molar-refractivity contribution in [1.29, 1.82) is 0 Å². The van der Waals surface area contributed by atoms with Crippen LogP contribution in [-0.4, -0.2) is 56.7 Å². The summed E-state index contributed by atoms with van der Waals surface area (Å²) in [5.41, 5.74) is 1.15. The van der Waals surface area contributed by atoms with Crippen LogP contribution in [0.15, 0.2) is 30.3 Å². The first-order chi connectivity index (χ1) is 13.1. The van der Waals surface area contributed by atoms with E-state index in [1.54, 1.807) is 11.4 Å². The summed E-state index contributed by atoms with van der Waals surface area (Å²) in [6.07, 6.45) is 0.740. The van der Waals surface area contributed by atoms with Gasteiger partial charge in [0, 0.05) is 18.9 Å². The standard InChI is InChI=1S/C19H23N5O2S/c1-3-15-20-19-24(21-15)18(26)17(27-19)16(14-7-5-4-6-8-14)23-11-9-22(10-12-23)13(2)25/h4-8,16,26H,3,9-12H2,1-2H3/p+1/t16-/m0/s1. The summed E-state index contributed by atoms with van der Waals surface area (Å²) in [6.45, 7) is 6.77. The molecule has 1 atom stereocenters. The van der Waals surface area contributed by atoms with Crippen molar-refractivity contribution in [3.63, 3.8) is 0 Å². The molecular weight excluding hydrogens is 362 g/mol. The van der Waals surface area contributed by atoms with Crippen LogP contribution in [0.2, 0.25) is 0 Å². The molecule has 1 fully saturated rings. The number of thiazole rings is 1. The molecule has 7 nitrogen and oxygen atoms in total. The molecule has 1 amide bonds. The number of fused-ring (bicyclic) bond motifs is 1. The van der Waals surface area contributed by atoms with Crippen molar-refractivity contribution in [3.05, 3.63) is 46.6 Å². The number of rotatable bonds is 4. The van der Waals surface area contributed by atoms with E-state index in [1.165, 1.54) is 16.2 Å². The number of carbonyl (C=O) groups is 1. The molecule has 0 unspecified atom stereocenters. The third-order valence-corrected chi connectivity index (χ3v) is 6.30. The van der Waals surface area contributed by atoms with Gasteiger partial charge in [0.05, 0.1) is 26.2 Å². The van der Waals surface area contributed by atoms with E-state index in [0.29, 0.717) is 0 Å². The molecule has 2 N–H and O–H groups in total. The van der Waals surface area contributed by atoms with Crippen LogP contribution in [0.25, 0.3) is 4.96 Å². The summed E-state index contributed by atoms with van der Waals surface area (Å²) in [5, 5.41) is 15.3. The van der Waals surface area contributed by atoms with E-state index in [-0.39, 0.29) is 17.8 Å². The monoisotopic (exact) mass is 386 g/mol. The second-order valence-electron chi connectivity index (χ2n) is 6.87. The fourth-order valence-electron chi connectivity index (χ4n) is 3.74. The SMILES string of the molecule is CCc1nc2sc([C@H](c3ccccc3)[NH+]3CCN(C(C)=O)CC3)c(O)n2n1. The topological polar surface area (TPSA) is 75.2 Å². The van der Waals surface area contributed by atoms with Gasteiger partial charge in [0.2, 0.25) is 16.7 Å². The van der Waals surface area contributed by atoms with Crippen LogP contribution in [0.3, 0.4) is 0 Å². The molecule has 1 saturated heterocycles. The van der Waals surface area contributed by atoms with Gasteiger partial charge in [0.15, 0.2) is 11.9 Å². The first-order valence-corrected chi connectivity index (χ1v) is 10.1. The molecule has 4 rings (SSSR count). The highest BCUT2D eigenvalue weighted by atomic mass is 32.1. The minimum Gasteiger partial charge on any atom is -0.492 e. The Bertz CT molecular complexity index is 944. The molecule has 0 spiro atoms. The molecule has 0 saturated carbocycles. The van der Waals surface area contributed by atoms with Crippen LogP contribution in [0, 0.1) is 0 Å². The zero-order chi connectivity index (χ0) is 19.0. The number of benzene rings is 1. The Hall–Kier alpha value is -2.45. The van der Waals surface area contributed by atoms with Gasteiger partial charge in [-0.25, -0.2) is 4.98 Å². The fraction of sp³-hybridized carbons (Fsp3) is 0.421. The number of quaternary nitrogens is 1. The average Bonchev–Trinajstić information content (AvgIpc) is 3.23. The lowest BCUT2D eigenvalue weighted by molar-refractivity contribution is -0.929. The molecule has 0 aliphatic carbocycles. The first-order valence-electron chi connectivity index (χ1n) is 9.30. The van der Waals surface area contributed by atoms with E-state index in [1.807, 2.05) is 30.0 Å². The number of hydrogen-bond acceptors (Lipinski definition) is 5. The number of piperazine rings is 1. The van der Waals surface area contributed by atoms with E-state index in [4.69, 9.17) is 0 Å². The number of nitrogens with zero attached hydrogens (tertiary/aromatic N) is 4. The molecule has 142 valence electrons. The predicted molar refractivity (Wildman–Crippen MR) is 103 cm³/mol. The maximum absolute atomic E-state index is 11.7. The zero-order valence-electron chi connectivity index (χ0n) is 15.6. The minimum atomic E-state index is -0.00103. The van der Waals surface area contributed by atoms with E-state index < -0.39 is 0 Å². The molecule has 2 aromatic heterocycles. The van der Waals surface area contributed by atoms with E-state index >= 15 is 0 Å². The van der Waals surface area contributed by atoms with Crippen LogP contribution < -0.4 is 4.90 Å². The average molecular weight is 387 g/mol. The quantitative estimate of drug-likeness (QED) is 0.699. The maximum atomic E-state index is 11.7. The van der Waals surface area contributed by atoms with Gasteiger partial charge in [0.1, 0.15) is 4.88 Å². The summed E-state index contributed by atoms with van der Waals surface area (Å²) in [4.78, 5) is 21.0. The molecule has 0 bridgehead atoms. The Morgan fingerprint density at radius 2 is 2.00 bits per heavy atom. The molecule has 3 aromatic rings. The van der Waals surface area contributed by atoms with Crippen LogP contribution in [0.4, 0.5) is 0 Å². The van der Waals surface area contributed by atoms with Crippen molar-refractivity contribution in [1.82, 2.24) is 19.5 Å². The molecule has 27 heavy (non-hydrogen) atoms. The molecule has 3 heterocycles. The predicted octanol–water partition coefficient (Wildman–Crippen LogP) is 0.895. The second kappa shape index (κ2) is 7.28. The lowest BCUT2D eigenvalue weighted by Crippen LogP contribution is -3.15. The van der Waals surface area contributed by atoms with Gasteiger partial charge in [-0.2, -0.15) is 4.52 Å². The number of aromatic nitrogens is 3. The molecule has 1 aliphatic rings. The van der Waals surface area contributed by atoms with Crippen molar-refractivity contribution < 1.29 is 14.8 Å². The number of aromatic hydroxyl groups is 1. The van der Waals surface area contributed by atoms with Gasteiger partial charge in [-0.15, -0.1) is 5.10 Å². The summed E-state index contributed by atoms with van der Waals surface area (Å²) < 4.78 is 1.56. The summed E-state index contributed by atoms with van der Waals surface area (Å²) in [5.74, 6) is 1.04. The van der Waals surface area contributed by atoms with Crippen molar-refractivity contribution in [3.8, 4) is 5.88 Å². The van der Waals surface area contributed by atoms with E-state index in [0.717, 1.165) is 53.8 Å². The highest BCUT2D eigenvalue weighted by Gasteiger charge is 2.35. The number of nitrogens with one attached hydrogen (secondary N) is 1. The Labute approximate surface area is 161 Å². The first kappa shape index (κ1) is 17.9. The Morgan fingerprint density at radius 3 is 2.59 bits per heavy atom. The van der Waals surface area contributed by atoms with Gasteiger partial charge in [0.25, 0.3) is 0 Å². The Morgan fingerprint density at radius 1 is 1.30 bits per heavy atom. The molecule has 1 aliphatic heterocycles. The van der Waals surface area contributed by atoms with Gasteiger partial charge in [-0.1, -0.05) is 48.6 Å². The Balaban J connectivity index is 1.72. The van der Waals surface area contributed by atoms with Gasteiger partial charge in [-0.05, 0) is 0 Å². The number of hydrogen-bond donors (Lipinski definition) is 2. The van der Waals surface area contributed by atoms with Crippen LogP contribution in [0.5, 0.6) is 5.88 Å². The second-order valence-corrected chi connectivity index (χ2v) is 7.88. The smallest absolute Gasteiger partial charge is 0.235 e. The number of aryl methyl sites for hydroxylation is 1. The van der Waals surface area contributed by atoms with Crippen molar-refractivity contribution in [2.75, 3.05) is 26.2 Å². The lowest BCUT2D eigenvalue weighted by atomic mass is 10.0. The molecular formula is C19H24N5O2S+. The summed E-state index contributed by atoms with van der Waals surface area (Å²) >= 11 is 1.50. The maximum Gasteiger partial charge on any atom is 0.235 e. The highest BCUT2D eigenvalue weighted by Crippen LogP contribution is 2.35. The molecule has 8 heteroatoms. The number of carbonyl (C=O) groups excluding carboxylic acids is 1. The van der Waals surface area contributed by atoms with Crippen LogP contribution in [-0.2, 0) is 11.2 Å². The fourth-order valence-corrected chi connectivity index (χ4v) is 4.90. The Kier molecular flexibility index (Phi) is 4.84. The van der Waals surface area contributed by atoms with Gasteiger partial charge >= 0.3 is 0 Å². The van der Waals surface area contributed by atoms with E-state index in [9.17, 15) is 9.90 Å². The largest absolute Gasteiger partial charge is 0.492 e. The normalized spacial score (nSPS) is 16.7. The minimum absolute atomic E-state index is 0.00103. The third-order valence-electron chi connectivity index (χ3n) is 5.21. The lowest BCUT2D eigenvalue weighted by Gasteiger charge is -2.36. The summed E-state index contributed by atoms with van der Waals surface area (Å²) in [6, 6.07) is 10.2. The van der Waals surface area contributed by atoms with Gasteiger partial charge in [-0.3, -0.25) is 4.79 Å². The number of amides is 1.